The van der Waals surface area contributed by atoms with Crippen LogP contribution >= 0.6 is 0 Å². The number of sulfonamides is 1. The third kappa shape index (κ3) is 2.26. The van der Waals surface area contributed by atoms with Gasteiger partial charge in [0.25, 0.3) is 0 Å². The first-order valence-corrected chi connectivity index (χ1v) is 7.72. The fraction of sp³-hybridized carbons (Fsp3) is 1.00. The molecule has 0 bridgehead atoms. The number of nitrogens with one attached hydrogen (secondary N) is 1. The molecule has 0 spiro atoms. The zero-order valence-electron chi connectivity index (χ0n) is 10.1. The largest absolute Gasteiger partial charge is 0.315 e. The summed E-state index contributed by atoms with van der Waals surface area (Å²) in [6.07, 6.45) is 1.77. The van der Waals surface area contributed by atoms with E-state index in [-0.39, 0.29) is 5.25 Å². The summed E-state index contributed by atoms with van der Waals surface area (Å²) in [4.78, 5) is 0. The first-order valence-electron chi connectivity index (χ1n) is 6.21. The SMILES string of the molecule is CC1CCN(S(=O)(=O)C2CCNC2)CC1C. The maximum Gasteiger partial charge on any atom is 0.218 e. The fourth-order valence-corrected chi connectivity index (χ4v) is 4.52. The second kappa shape index (κ2) is 4.63. The zero-order chi connectivity index (χ0) is 11.8. The number of hydrogen-bond acceptors (Lipinski definition) is 3. The standard InChI is InChI=1S/C11H22N2O2S/c1-9-4-6-13(8-10(9)2)16(14,15)11-3-5-12-7-11/h9-12H,3-8H2,1-2H3. The molecule has 5 heteroatoms. The highest BCUT2D eigenvalue weighted by atomic mass is 32.2. The molecule has 2 aliphatic heterocycles. The van der Waals surface area contributed by atoms with Crippen molar-refractivity contribution in [2.45, 2.75) is 31.9 Å². The maximum atomic E-state index is 12.3. The number of rotatable bonds is 2. The predicted molar refractivity (Wildman–Crippen MR) is 64.7 cm³/mol. The average molecular weight is 246 g/mol. The van der Waals surface area contributed by atoms with Gasteiger partial charge in [0, 0.05) is 19.6 Å². The number of piperidine rings is 1. The van der Waals surface area contributed by atoms with E-state index in [0.717, 1.165) is 19.4 Å². The first-order chi connectivity index (χ1) is 7.51. The molecule has 3 unspecified atom stereocenters. The summed E-state index contributed by atoms with van der Waals surface area (Å²) in [6, 6.07) is 0. The lowest BCUT2D eigenvalue weighted by molar-refractivity contribution is 0.211. The van der Waals surface area contributed by atoms with Crippen molar-refractivity contribution < 1.29 is 8.42 Å². The summed E-state index contributed by atoms with van der Waals surface area (Å²) in [7, 11) is -3.05. The summed E-state index contributed by atoms with van der Waals surface area (Å²) in [6.45, 7) is 7.25. The van der Waals surface area contributed by atoms with Crippen molar-refractivity contribution >= 4 is 10.0 Å². The normalized spacial score (nSPS) is 37.8. The molecule has 2 heterocycles. The van der Waals surface area contributed by atoms with E-state index >= 15 is 0 Å². The van der Waals surface area contributed by atoms with Crippen LogP contribution in [0.25, 0.3) is 0 Å². The van der Waals surface area contributed by atoms with Crippen LogP contribution in [0.3, 0.4) is 0 Å². The summed E-state index contributed by atoms with van der Waals surface area (Å²) < 4.78 is 26.4. The molecular formula is C11H22N2O2S. The summed E-state index contributed by atoms with van der Waals surface area (Å²) in [5.41, 5.74) is 0. The monoisotopic (exact) mass is 246 g/mol. The Morgan fingerprint density at radius 2 is 1.94 bits per heavy atom. The van der Waals surface area contributed by atoms with Crippen LogP contribution in [-0.2, 0) is 10.0 Å². The molecular weight excluding hydrogens is 224 g/mol. The van der Waals surface area contributed by atoms with Crippen LogP contribution in [0, 0.1) is 11.8 Å². The first kappa shape index (κ1) is 12.3. The van der Waals surface area contributed by atoms with E-state index in [0.29, 0.717) is 31.5 Å². The van der Waals surface area contributed by atoms with E-state index in [9.17, 15) is 8.42 Å². The van der Waals surface area contributed by atoms with Gasteiger partial charge in [-0.2, -0.15) is 0 Å². The molecule has 94 valence electrons. The molecule has 16 heavy (non-hydrogen) atoms. The van der Waals surface area contributed by atoms with Crippen molar-refractivity contribution in [2.75, 3.05) is 26.2 Å². The van der Waals surface area contributed by atoms with Crippen molar-refractivity contribution in [1.82, 2.24) is 9.62 Å². The molecule has 3 atom stereocenters. The molecule has 0 aromatic carbocycles. The molecule has 0 amide bonds. The number of nitrogens with zero attached hydrogens (tertiary/aromatic N) is 1. The molecule has 4 nitrogen and oxygen atoms in total. The van der Waals surface area contributed by atoms with Gasteiger partial charge in [-0.1, -0.05) is 13.8 Å². The van der Waals surface area contributed by atoms with Gasteiger partial charge in [-0.3, -0.25) is 0 Å². The molecule has 2 aliphatic rings. The quantitative estimate of drug-likeness (QED) is 0.778. The molecule has 0 aromatic rings. The van der Waals surface area contributed by atoms with Gasteiger partial charge in [0.15, 0.2) is 0 Å². The van der Waals surface area contributed by atoms with Gasteiger partial charge in [0.1, 0.15) is 0 Å². The Morgan fingerprint density at radius 1 is 1.19 bits per heavy atom. The van der Waals surface area contributed by atoms with Crippen LogP contribution in [0.2, 0.25) is 0 Å². The van der Waals surface area contributed by atoms with Gasteiger partial charge in [0.2, 0.25) is 10.0 Å². The average Bonchev–Trinajstić information content (AvgIpc) is 2.75. The van der Waals surface area contributed by atoms with Crippen LogP contribution in [0.4, 0.5) is 0 Å². The molecule has 2 fully saturated rings. The molecule has 2 rings (SSSR count). The lowest BCUT2D eigenvalue weighted by atomic mass is 9.90. The molecule has 1 N–H and O–H groups in total. The molecule has 0 saturated carbocycles. The van der Waals surface area contributed by atoms with Crippen molar-refractivity contribution in [2.24, 2.45) is 11.8 Å². The van der Waals surface area contributed by atoms with Gasteiger partial charge in [-0.25, -0.2) is 12.7 Å². The fourth-order valence-electron chi connectivity index (χ4n) is 2.55. The topological polar surface area (TPSA) is 49.4 Å². The Balaban J connectivity index is 2.06. The van der Waals surface area contributed by atoms with E-state index in [2.05, 4.69) is 19.2 Å². The van der Waals surface area contributed by atoms with Crippen LogP contribution < -0.4 is 5.32 Å². The second-order valence-corrected chi connectivity index (χ2v) is 7.47. The lowest BCUT2D eigenvalue weighted by Crippen LogP contribution is -2.46. The second-order valence-electron chi connectivity index (χ2n) is 5.26. The van der Waals surface area contributed by atoms with Crippen LogP contribution in [0.15, 0.2) is 0 Å². The van der Waals surface area contributed by atoms with E-state index in [1.807, 2.05) is 0 Å². The van der Waals surface area contributed by atoms with E-state index in [4.69, 9.17) is 0 Å². The highest BCUT2D eigenvalue weighted by Crippen LogP contribution is 2.26. The van der Waals surface area contributed by atoms with E-state index < -0.39 is 10.0 Å². The smallest absolute Gasteiger partial charge is 0.218 e. The highest BCUT2D eigenvalue weighted by Gasteiger charge is 2.37. The molecule has 0 radical (unpaired) electrons. The molecule has 0 aromatic heterocycles. The van der Waals surface area contributed by atoms with Gasteiger partial charge in [-0.15, -0.1) is 0 Å². The minimum atomic E-state index is -3.05. The Kier molecular flexibility index (Phi) is 3.56. The highest BCUT2D eigenvalue weighted by molar-refractivity contribution is 7.89. The Hall–Kier alpha value is -0.130. The number of hydrogen-bond donors (Lipinski definition) is 1. The molecule has 2 saturated heterocycles. The minimum absolute atomic E-state index is 0.187. The Morgan fingerprint density at radius 3 is 2.50 bits per heavy atom. The maximum absolute atomic E-state index is 12.3. The van der Waals surface area contributed by atoms with Crippen molar-refractivity contribution in [1.29, 1.82) is 0 Å². The van der Waals surface area contributed by atoms with Gasteiger partial charge < -0.3 is 5.32 Å². The van der Waals surface area contributed by atoms with E-state index in [1.165, 1.54) is 0 Å². The van der Waals surface area contributed by atoms with Crippen LogP contribution in [-0.4, -0.2) is 44.2 Å². The van der Waals surface area contributed by atoms with Gasteiger partial charge in [0.05, 0.1) is 5.25 Å². The summed E-state index contributed by atoms with van der Waals surface area (Å²) in [5, 5.41) is 2.94. The Labute approximate surface area is 98.4 Å². The van der Waals surface area contributed by atoms with E-state index in [1.54, 1.807) is 4.31 Å². The predicted octanol–water partition coefficient (Wildman–Crippen LogP) is 0.656. The summed E-state index contributed by atoms with van der Waals surface area (Å²) in [5.74, 6) is 1.13. The van der Waals surface area contributed by atoms with Crippen LogP contribution in [0.5, 0.6) is 0 Å². The minimum Gasteiger partial charge on any atom is -0.315 e. The Bertz CT molecular complexity index is 336. The van der Waals surface area contributed by atoms with Gasteiger partial charge >= 0.3 is 0 Å². The van der Waals surface area contributed by atoms with Crippen molar-refractivity contribution in [3.05, 3.63) is 0 Å². The van der Waals surface area contributed by atoms with Gasteiger partial charge in [-0.05, 0) is 31.2 Å². The molecule has 0 aliphatic carbocycles. The van der Waals surface area contributed by atoms with Crippen molar-refractivity contribution in [3.8, 4) is 0 Å². The third-order valence-electron chi connectivity index (χ3n) is 4.09. The van der Waals surface area contributed by atoms with Crippen molar-refractivity contribution in [3.63, 3.8) is 0 Å². The summed E-state index contributed by atoms with van der Waals surface area (Å²) >= 11 is 0. The lowest BCUT2D eigenvalue weighted by Gasteiger charge is -2.35. The van der Waals surface area contributed by atoms with Crippen LogP contribution in [0.1, 0.15) is 26.7 Å². The third-order valence-corrected chi connectivity index (χ3v) is 6.39. The zero-order valence-corrected chi connectivity index (χ0v) is 11.0.